The zero-order valence-electron chi connectivity index (χ0n) is 13.9. The number of amides is 1. The van der Waals surface area contributed by atoms with E-state index in [1.165, 1.54) is 28.1 Å². The molecule has 0 spiro atoms. The SMILES string of the molecule is CN(Cc1cccc(Cl)c1)C(=O)c1ccc(-n2ccnc2)c([N+](=O)[O-])c1. The van der Waals surface area contributed by atoms with Crippen LogP contribution in [-0.4, -0.2) is 32.3 Å². The largest absolute Gasteiger partial charge is 0.337 e. The number of nitrogens with zero attached hydrogens (tertiary/aromatic N) is 4. The van der Waals surface area contributed by atoms with Gasteiger partial charge in [-0.1, -0.05) is 23.7 Å². The summed E-state index contributed by atoms with van der Waals surface area (Å²) < 4.78 is 1.53. The van der Waals surface area contributed by atoms with Crippen molar-refractivity contribution in [1.82, 2.24) is 14.5 Å². The van der Waals surface area contributed by atoms with Gasteiger partial charge in [-0.3, -0.25) is 14.9 Å². The van der Waals surface area contributed by atoms with Crippen LogP contribution in [0.2, 0.25) is 5.02 Å². The molecule has 26 heavy (non-hydrogen) atoms. The van der Waals surface area contributed by atoms with E-state index in [9.17, 15) is 14.9 Å². The molecule has 0 aliphatic heterocycles. The molecule has 0 radical (unpaired) electrons. The van der Waals surface area contributed by atoms with E-state index in [1.807, 2.05) is 6.07 Å². The smallest absolute Gasteiger partial charge is 0.294 e. The summed E-state index contributed by atoms with van der Waals surface area (Å²) in [6.07, 6.45) is 4.60. The molecule has 1 aromatic heterocycles. The summed E-state index contributed by atoms with van der Waals surface area (Å²) in [5, 5.41) is 12.0. The Balaban J connectivity index is 1.87. The summed E-state index contributed by atoms with van der Waals surface area (Å²) in [6.45, 7) is 0.344. The monoisotopic (exact) mass is 370 g/mol. The van der Waals surface area contributed by atoms with E-state index in [0.29, 0.717) is 17.3 Å². The van der Waals surface area contributed by atoms with E-state index in [1.54, 1.807) is 43.6 Å². The minimum atomic E-state index is -0.511. The first-order chi connectivity index (χ1) is 12.5. The van der Waals surface area contributed by atoms with Crippen LogP contribution in [0.4, 0.5) is 5.69 Å². The fraction of sp³-hybridized carbons (Fsp3) is 0.111. The molecule has 0 bridgehead atoms. The Labute approximate surface area is 154 Å². The van der Waals surface area contributed by atoms with Crippen molar-refractivity contribution in [3.05, 3.63) is 87.4 Å². The van der Waals surface area contributed by atoms with Crippen molar-refractivity contribution in [3.8, 4) is 5.69 Å². The standard InChI is InChI=1S/C18H15ClN4O3/c1-21(11-13-3-2-4-15(19)9-13)18(24)14-5-6-16(17(10-14)23(25)26)22-8-7-20-12-22/h2-10,12H,11H2,1H3. The normalized spacial score (nSPS) is 10.5. The van der Waals surface area contributed by atoms with Crippen molar-refractivity contribution in [3.63, 3.8) is 0 Å². The van der Waals surface area contributed by atoms with Gasteiger partial charge in [-0.25, -0.2) is 4.98 Å². The van der Waals surface area contributed by atoms with Crippen LogP contribution >= 0.6 is 11.6 Å². The van der Waals surface area contributed by atoms with Crippen LogP contribution in [0.25, 0.3) is 5.69 Å². The molecule has 1 heterocycles. The van der Waals surface area contributed by atoms with Gasteiger partial charge in [0.15, 0.2) is 0 Å². The van der Waals surface area contributed by atoms with E-state index in [-0.39, 0.29) is 17.2 Å². The lowest BCUT2D eigenvalue weighted by molar-refractivity contribution is -0.384. The molecule has 0 saturated heterocycles. The molecule has 132 valence electrons. The minimum absolute atomic E-state index is 0.162. The maximum Gasteiger partial charge on any atom is 0.294 e. The van der Waals surface area contributed by atoms with Crippen LogP contribution in [0.15, 0.2) is 61.2 Å². The Hall–Kier alpha value is -3.19. The molecule has 0 saturated carbocycles. The van der Waals surface area contributed by atoms with Crippen LogP contribution in [0, 0.1) is 10.1 Å². The number of benzene rings is 2. The average Bonchev–Trinajstić information content (AvgIpc) is 3.15. The quantitative estimate of drug-likeness (QED) is 0.506. The van der Waals surface area contributed by atoms with Crippen molar-refractivity contribution >= 4 is 23.2 Å². The molecule has 3 aromatic rings. The Morgan fingerprint density at radius 3 is 2.77 bits per heavy atom. The van der Waals surface area contributed by atoms with Crippen LogP contribution in [0.1, 0.15) is 15.9 Å². The van der Waals surface area contributed by atoms with Crippen molar-refractivity contribution in [2.75, 3.05) is 7.05 Å². The third-order valence-corrected chi connectivity index (χ3v) is 4.09. The lowest BCUT2D eigenvalue weighted by Crippen LogP contribution is -2.26. The van der Waals surface area contributed by atoms with Gasteiger partial charge in [-0.05, 0) is 29.8 Å². The van der Waals surface area contributed by atoms with Crippen LogP contribution in [0.5, 0.6) is 0 Å². The van der Waals surface area contributed by atoms with Gasteiger partial charge in [0.1, 0.15) is 5.69 Å². The highest BCUT2D eigenvalue weighted by Crippen LogP contribution is 2.25. The number of carbonyl (C=O) groups excluding carboxylic acids is 1. The number of nitro groups is 1. The number of imidazole rings is 1. The third kappa shape index (κ3) is 3.73. The zero-order valence-corrected chi connectivity index (χ0v) is 14.6. The third-order valence-electron chi connectivity index (χ3n) is 3.86. The van der Waals surface area contributed by atoms with Crippen molar-refractivity contribution in [2.24, 2.45) is 0 Å². The van der Waals surface area contributed by atoms with E-state index in [0.717, 1.165) is 5.56 Å². The molecule has 7 nitrogen and oxygen atoms in total. The number of aromatic nitrogens is 2. The fourth-order valence-electron chi connectivity index (χ4n) is 2.62. The number of halogens is 1. The van der Waals surface area contributed by atoms with Crippen LogP contribution in [-0.2, 0) is 6.54 Å². The number of nitro benzene ring substituents is 1. The lowest BCUT2D eigenvalue weighted by Gasteiger charge is -2.18. The molecule has 3 rings (SSSR count). The molecule has 1 amide bonds. The maximum atomic E-state index is 12.7. The molecule has 0 aliphatic rings. The van der Waals surface area contributed by atoms with E-state index >= 15 is 0 Å². The van der Waals surface area contributed by atoms with E-state index < -0.39 is 4.92 Å². The van der Waals surface area contributed by atoms with Gasteiger partial charge in [0.2, 0.25) is 0 Å². The molecule has 0 unspecified atom stereocenters. The summed E-state index contributed by atoms with van der Waals surface area (Å²) >= 11 is 5.96. The molecule has 0 fully saturated rings. The highest BCUT2D eigenvalue weighted by molar-refractivity contribution is 6.30. The average molecular weight is 371 g/mol. The highest BCUT2D eigenvalue weighted by Gasteiger charge is 2.20. The van der Waals surface area contributed by atoms with Crippen LogP contribution < -0.4 is 0 Å². The van der Waals surface area contributed by atoms with Crippen molar-refractivity contribution in [2.45, 2.75) is 6.54 Å². The van der Waals surface area contributed by atoms with Crippen molar-refractivity contribution < 1.29 is 9.72 Å². The summed E-state index contributed by atoms with van der Waals surface area (Å²) in [5.41, 5.74) is 1.30. The number of hydrogen-bond donors (Lipinski definition) is 0. The van der Waals surface area contributed by atoms with Gasteiger partial charge in [0.05, 0.1) is 11.3 Å². The first kappa shape index (κ1) is 17.6. The fourth-order valence-corrected chi connectivity index (χ4v) is 2.84. The lowest BCUT2D eigenvalue weighted by atomic mass is 10.1. The van der Waals surface area contributed by atoms with Gasteiger partial charge in [0.25, 0.3) is 11.6 Å². The van der Waals surface area contributed by atoms with Crippen LogP contribution in [0.3, 0.4) is 0 Å². The first-order valence-corrected chi connectivity index (χ1v) is 8.10. The Morgan fingerprint density at radius 1 is 1.31 bits per heavy atom. The van der Waals surface area contributed by atoms with E-state index in [4.69, 9.17) is 11.6 Å². The van der Waals surface area contributed by atoms with Gasteiger partial charge >= 0.3 is 0 Å². The number of rotatable bonds is 5. The predicted molar refractivity (Wildman–Crippen MR) is 97.5 cm³/mol. The zero-order chi connectivity index (χ0) is 18.7. The number of hydrogen-bond acceptors (Lipinski definition) is 4. The summed E-state index contributed by atoms with van der Waals surface area (Å²) in [6, 6.07) is 11.6. The Kier molecular flexibility index (Phi) is 4.99. The Morgan fingerprint density at radius 2 is 2.12 bits per heavy atom. The summed E-state index contributed by atoms with van der Waals surface area (Å²) in [4.78, 5) is 29.0. The minimum Gasteiger partial charge on any atom is -0.337 e. The summed E-state index contributed by atoms with van der Waals surface area (Å²) in [7, 11) is 1.64. The molecule has 0 N–H and O–H groups in total. The predicted octanol–water partition coefficient (Wildman–Crippen LogP) is 3.71. The Bertz CT molecular complexity index is 957. The van der Waals surface area contributed by atoms with Gasteiger partial charge in [-0.15, -0.1) is 0 Å². The molecule has 2 aromatic carbocycles. The molecule has 8 heteroatoms. The summed E-state index contributed by atoms with van der Waals surface area (Å²) in [5.74, 6) is -0.315. The van der Waals surface area contributed by atoms with Crippen molar-refractivity contribution in [1.29, 1.82) is 0 Å². The second-order valence-electron chi connectivity index (χ2n) is 5.72. The topological polar surface area (TPSA) is 81.3 Å². The molecule has 0 atom stereocenters. The van der Waals surface area contributed by atoms with Gasteiger partial charge < -0.3 is 9.47 Å². The van der Waals surface area contributed by atoms with E-state index in [2.05, 4.69) is 4.98 Å². The molecular weight excluding hydrogens is 356 g/mol. The van der Waals surface area contributed by atoms with Gasteiger partial charge in [0, 0.05) is 42.6 Å². The first-order valence-electron chi connectivity index (χ1n) is 7.72. The highest BCUT2D eigenvalue weighted by atomic mass is 35.5. The second kappa shape index (κ2) is 7.37. The maximum absolute atomic E-state index is 12.7. The molecule has 0 aliphatic carbocycles. The number of carbonyl (C=O) groups is 1. The molecular formula is C18H15ClN4O3. The second-order valence-corrected chi connectivity index (χ2v) is 6.16. The van der Waals surface area contributed by atoms with Gasteiger partial charge in [-0.2, -0.15) is 0 Å².